The van der Waals surface area contributed by atoms with E-state index in [1.807, 2.05) is 12.1 Å². The second-order valence-electron chi connectivity index (χ2n) is 5.24. The van der Waals surface area contributed by atoms with Crippen molar-refractivity contribution in [2.75, 3.05) is 6.54 Å². The number of benzene rings is 1. The minimum atomic E-state index is -1.27. The number of ether oxygens (including phenoxy) is 2. The first-order chi connectivity index (χ1) is 9.89. The second kappa shape index (κ2) is 5.87. The van der Waals surface area contributed by atoms with E-state index in [9.17, 15) is 9.59 Å². The molecule has 2 N–H and O–H groups in total. The van der Waals surface area contributed by atoms with Crippen LogP contribution in [0.3, 0.4) is 0 Å². The average Bonchev–Trinajstić information content (AvgIpc) is 2.43. The maximum atomic E-state index is 11.6. The molecule has 0 amide bonds. The average molecular weight is 291 g/mol. The quantitative estimate of drug-likeness (QED) is 0.496. The Bertz CT molecular complexity index is 552. The summed E-state index contributed by atoms with van der Waals surface area (Å²) in [5.41, 5.74) is -0.235. The molecule has 21 heavy (non-hydrogen) atoms. The van der Waals surface area contributed by atoms with Gasteiger partial charge in [0.25, 0.3) is 0 Å². The molecule has 0 radical (unpaired) electrons. The predicted octanol–water partition coefficient (Wildman–Crippen LogP) is 1.45. The van der Waals surface area contributed by atoms with Gasteiger partial charge in [0.05, 0.1) is 6.20 Å². The number of esters is 2. The number of carbonyl (C=O) groups excluding carboxylic acids is 2. The van der Waals surface area contributed by atoms with Gasteiger partial charge in [0, 0.05) is 6.54 Å². The molecule has 0 saturated carbocycles. The van der Waals surface area contributed by atoms with Crippen LogP contribution in [0.4, 0.5) is 0 Å². The smallest absolute Gasteiger partial charge is 0.330 e. The van der Waals surface area contributed by atoms with Gasteiger partial charge in [0.2, 0.25) is 0 Å². The van der Waals surface area contributed by atoms with E-state index >= 15 is 0 Å². The number of carbonyl (C=O) groups is 2. The van der Waals surface area contributed by atoms with Crippen LogP contribution < -0.4 is 5.32 Å². The minimum absolute atomic E-state index is 0.143. The lowest BCUT2D eigenvalue weighted by atomic mass is 9.93. The summed E-state index contributed by atoms with van der Waals surface area (Å²) in [7, 11) is 0. The Kier molecular flexibility index (Phi) is 4.16. The lowest BCUT2D eigenvalue weighted by Crippen LogP contribution is -2.41. The van der Waals surface area contributed by atoms with E-state index < -0.39 is 17.4 Å². The van der Waals surface area contributed by atoms with E-state index in [-0.39, 0.29) is 11.7 Å². The van der Waals surface area contributed by atoms with E-state index in [2.05, 4.69) is 5.32 Å². The van der Waals surface area contributed by atoms with Crippen LogP contribution in [-0.2, 0) is 25.5 Å². The zero-order chi connectivity index (χ0) is 15.5. The Morgan fingerprint density at radius 1 is 1.14 bits per heavy atom. The summed E-state index contributed by atoms with van der Waals surface area (Å²) < 4.78 is 9.85. The number of phenolic OH excluding ortho intramolecular Hbond substituents is 1. The van der Waals surface area contributed by atoms with Crippen LogP contribution in [0, 0.1) is 5.41 Å². The normalized spacial score (nSPS) is 17.0. The second-order valence-corrected chi connectivity index (χ2v) is 5.24. The summed E-state index contributed by atoms with van der Waals surface area (Å²) in [4.78, 5) is 23.2. The van der Waals surface area contributed by atoms with Crippen LogP contribution in [0.2, 0.25) is 0 Å². The lowest BCUT2D eigenvalue weighted by Gasteiger charge is -2.26. The fraction of sp³-hybridized carbons (Fsp3) is 0.333. The summed E-state index contributed by atoms with van der Waals surface area (Å²) >= 11 is 0. The zero-order valence-corrected chi connectivity index (χ0v) is 11.9. The SMILES string of the molecule is CC1(C)C(=O)OC(=CNCCc2ccc(O)cc2)OC1=O. The van der Waals surface area contributed by atoms with E-state index in [4.69, 9.17) is 14.6 Å². The molecule has 0 spiro atoms. The van der Waals surface area contributed by atoms with Gasteiger partial charge in [-0.3, -0.25) is 9.59 Å². The molecule has 1 fully saturated rings. The fourth-order valence-electron chi connectivity index (χ4n) is 1.64. The molecule has 1 aliphatic rings. The molecule has 1 aromatic rings. The van der Waals surface area contributed by atoms with Gasteiger partial charge in [-0.2, -0.15) is 0 Å². The van der Waals surface area contributed by atoms with Crippen molar-refractivity contribution in [2.24, 2.45) is 5.41 Å². The molecule has 0 aromatic heterocycles. The van der Waals surface area contributed by atoms with Gasteiger partial charge < -0.3 is 19.9 Å². The van der Waals surface area contributed by atoms with Crippen molar-refractivity contribution in [3.05, 3.63) is 42.0 Å². The summed E-state index contributed by atoms with van der Waals surface area (Å²) in [6.45, 7) is 3.46. The highest BCUT2D eigenvalue weighted by atomic mass is 16.7. The van der Waals surface area contributed by atoms with Crippen molar-refractivity contribution < 1.29 is 24.2 Å². The summed E-state index contributed by atoms with van der Waals surface area (Å²) in [5, 5.41) is 12.1. The monoisotopic (exact) mass is 291 g/mol. The van der Waals surface area contributed by atoms with Crippen molar-refractivity contribution in [3.63, 3.8) is 0 Å². The topological polar surface area (TPSA) is 84.9 Å². The van der Waals surface area contributed by atoms with Gasteiger partial charge in [0.15, 0.2) is 5.41 Å². The van der Waals surface area contributed by atoms with Crippen LogP contribution in [-0.4, -0.2) is 23.6 Å². The van der Waals surface area contributed by atoms with Gasteiger partial charge >= 0.3 is 17.9 Å². The highest BCUT2D eigenvalue weighted by Gasteiger charge is 2.45. The molecule has 112 valence electrons. The highest BCUT2D eigenvalue weighted by molar-refractivity contribution is 6.01. The number of hydrogen-bond acceptors (Lipinski definition) is 6. The van der Waals surface area contributed by atoms with Crippen LogP contribution in [0.15, 0.2) is 36.4 Å². The Labute approximate surface area is 122 Å². The van der Waals surface area contributed by atoms with Gasteiger partial charge in [0.1, 0.15) is 5.75 Å². The van der Waals surface area contributed by atoms with E-state index in [0.29, 0.717) is 13.0 Å². The van der Waals surface area contributed by atoms with Gasteiger partial charge in [-0.25, -0.2) is 0 Å². The molecule has 6 heteroatoms. The first-order valence-corrected chi connectivity index (χ1v) is 6.55. The molecule has 6 nitrogen and oxygen atoms in total. The number of hydrogen-bond donors (Lipinski definition) is 2. The maximum Gasteiger partial charge on any atom is 0.330 e. The van der Waals surface area contributed by atoms with E-state index in [1.165, 1.54) is 20.0 Å². The standard InChI is InChI=1S/C15H17NO5/c1-15(2)13(18)20-12(21-14(15)19)9-16-8-7-10-3-5-11(17)6-4-10/h3-6,9,16-17H,7-8H2,1-2H3. The van der Waals surface area contributed by atoms with Crippen molar-refractivity contribution in [1.82, 2.24) is 5.32 Å². The first kappa shape index (κ1) is 14.9. The molecule has 1 saturated heterocycles. The minimum Gasteiger partial charge on any atom is -0.508 e. The number of cyclic esters (lactones) is 2. The lowest BCUT2D eigenvalue weighted by molar-refractivity contribution is -0.183. The van der Waals surface area contributed by atoms with Crippen LogP contribution in [0.1, 0.15) is 19.4 Å². The van der Waals surface area contributed by atoms with E-state index in [1.54, 1.807) is 12.1 Å². The Balaban J connectivity index is 1.84. The summed E-state index contributed by atoms with van der Waals surface area (Å²) in [5.74, 6) is -1.19. The largest absolute Gasteiger partial charge is 0.508 e. The van der Waals surface area contributed by atoms with E-state index in [0.717, 1.165) is 5.56 Å². The summed E-state index contributed by atoms with van der Waals surface area (Å²) in [6.07, 6.45) is 2.06. The molecular formula is C15H17NO5. The molecule has 1 heterocycles. The van der Waals surface area contributed by atoms with Crippen molar-refractivity contribution in [2.45, 2.75) is 20.3 Å². The molecule has 0 atom stereocenters. The summed E-state index contributed by atoms with van der Waals surface area (Å²) in [6, 6.07) is 6.85. The molecule has 0 aliphatic carbocycles. The Morgan fingerprint density at radius 2 is 1.71 bits per heavy atom. The Morgan fingerprint density at radius 3 is 2.29 bits per heavy atom. The predicted molar refractivity (Wildman–Crippen MR) is 73.9 cm³/mol. The first-order valence-electron chi connectivity index (χ1n) is 6.55. The van der Waals surface area contributed by atoms with Gasteiger partial charge in [-0.1, -0.05) is 12.1 Å². The third-order valence-electron chi connectivity index (χ3n) is 3.12. The number of rotatable bonds is 4. The fourth-order valence-corrected chi connectivity index (χ4v) is 1.64. The number of nitrogens with one attached hydrogen (secondary N) is 1. The van der Waals surface area contributed by atoms with Crippen molar-refractivity contribution in [1.29, 1.82) is 0 Å². The molecule has 0 unspecified atom stereocenters. The van der Waals surface area contributed by atoms with Crippen LogP contribution in [0.5, 0.6) is 5.75 Å². The zero-order valence-electron chi connectivity index (χ0n) is 11.9. The molecule has 1 aromatic carbocycles. The third-order valence-corrected chi connectivity index (χ3v) is 3.12. The third kappa shape index (κ3) is 3.53. The maximum absolute atomic E-state index is 11.6. The highest BCUT2D eigenvalue weighted by Crippen LogP contribution is 2.27. The molecular weight excluding hydrogens is 274 g/mol. The van der Waals surface area contributed by atoms with Crippen LogP contribution >= 0.6 is 0 Å². The Hall–Kier alpha value is -2.50. The number of phenols is 1. The van der Waals surface area contributed by atoms with Gasteiger partial charge in [-0.05, 0) is 38.0 Å². The van der Waals surface area contributed by atoms with Gasteiger partial charge in [-0.15, -0.1) is 0 Å². The molecule has 1 aliphatic heterocycles. The van der Waals surface area contributed by atoms with Crippen molar-refractivity contribution in [3.8, 4) is 5.75 Å². The number of aromatic hydroxyl groups is 1. The van der Waals surface area contributed by atoms with Crippen molar-refractivity contribution >= 4 is 11.9 Å². The molecule has 0 bridgehead atoms. The molecule has 2 rings (SSSR count). The van der Waals surface area contributed by atoms with Crippen LogP contribution in [0.25, 0.3) is 0 Å².